The zero-order chi connectivity index (χ0) is 10.7. The van der Waals surface area contributed by atoms with Gasteiger partial charge in [-0.25, -0.2) is 0 Å². The van der Waals surface area contributed by atoms with Gasteiger partial charge in [0.2, 0.25) is 0 Å². The van der Waals surface area contributed by atoms with Gasteiger partial charge in [-0.2, -0.15) is 0 Å². The van der Waals surface area contributed by atoms with Gasteiger partial charge in [-0.3, -0.25) is 0 Å². The van der Waals surface area contributed by atoms with Crippen LogP contribution in [0, 0.1) is 0 Å². The molecule has 0 aliphatic carbocycles. The fraction of sp³-hybridized carbons (Fsp3) is 0.273. The van der Waals surface area contributed by atoms with E-state index < -0.39 is 0 Å². The average molecular weight is 286 g/mol. The molecule has 80 valence electrons. The van der Waals surface area contributed by atoms with Crippen molar-refractivity contribution in [2.24, 2.45) is 0 Å². The van der Waals surface area contributed by atoms with E-state index in [-0.39, 0.29) is 0 Å². The van der Waals surface area contributed by atoms with Crippen LogP contribution in [-0.2, 0) is 6.42 Å². The highest BCUT2D eigenvalue weighted by molar-refractivity contribution is 9.11. The summed E-state index contributed by atoms with van der Waals surface area (Å²) in [5, 5.41) is 5.49. The van der Waals surface area contributed by atoms with E-state index in [2.05, 4.69) is 32.7 Å². The van der Waals surface area contributed by atoms with Crippen molar-refractivity contribution in [1.82, 2.24) is 5.32 Å². The molecule has 0 aliphatic heterocycles. The third-order valence-electron chi connectivity index (χ3n) is 2.36. The summed E-state index contributed by atoms with van der Waals surface area (Å²) in [6.07, 6.45) is 4.47. The van der Waals surface area contributed by atoms with Gasteiger partial charge in [0, 0.05) is 6.04 Å². The van der Waals surface area contributed by atoms with Crippen LogP contribution in [0.15, 0.2) is 38.2 Å². The molecule has 0 saturated heterocycles. The van der Waals surface area contributed by atoms with E-state index in [0.29, 0.717) is 6.04 Å². The summed E-state index contributed by atoms with van der Waals surface area (Å²) in [4.78, 5) is 0. The smallest absolute Gasteiger partial charge is 0.0935 e. The maximum Gasteiger partial charge on any atom is 0.0935 e. The summed E-state index contributed by atoms with van der Waals surface area (Å²) in [5.41, 5.74) is 2.53. The second kappa shape index (κ2) is 4.96. The van der Waals surface area contributed by atoms with Crippen molar-refractivity contribution in [3.8, 4) is 0 Å². The Balaban J connectivity index is 2.11. The Labute approximate surface area is 101 Å². The predicted octanol–water partition coefficient (Wildman–Crippen LogP) is 3.61. The van der Waals surface area contributed by atoms with Gasteiger partial charge >= 0.3 is 0 Å². The van der Waals surface area contributed by atoms with E-state index in [1.54, 1.807) is 23.9 Å². The van der Waals surface area contributed by atoms with Crippen LogP contribution < -0.4 is 5.32 Å². The van der Waals surface area contributed by atoms with Crippen molar-refractivity contribution in [1.29, 1.82) is 0 Å². The van der Waals surface area contributed by atoms with E-state index >= 15 is 0 Å². The van der Waals surface area contributed by atoms with E-state index in [4.69, 9.17) is 4.42 Å². The van der Waals surface area contributed by atoms with Crippen molar-refractivity contribution in [3.05, 3.63) is 45.0 Å². The first-order chi connectivity index (χ1) is 7.29. The molecule has 2 aromatic heterocycles. The molecule has 0 fully saturated rings. The van der Waals surface area contributed by atoms with Crippen LogP contribution in [0.5, 0.6) is 0 Å². The molecule has 0 spiro atoms. The van der Waals surface area contributed by atoms with Crippen LogP contribution >= 0.6 is 27.3 Å². The highest BCUT2D eigenvalue weighted by Crippen LogP contribution is 2.27. The number of hydrogen-bond acceptors (Lipinski definition) is 3. The Morgan fingerprint density at radius 1 is 1.60 bits per heavy atom. The molecule has 2 rings (SSSR count). The Morgan fingerprint density at radius 3 is 3.00 bits per heavy atom. The van der Waals surface area contributed by atoms with Gasteiger partial charge in [0.05, 0.1) is 16.3 Å². The van der Waals surface area contributed by atoms with Gasteiger partial charge in [0.15, 0.2) is 0 Å². The highest BCUT2D eigenvalue weighted by Gasteiger charge is 2.12. The van der Waals surface area contributed by atoms with E-state index in [9.17, 15) is 0 Å². The van der Waals surface area contributed by atoms with Gasteiger partial charge in [-0.15, -0.1) is 11.3 Å². The first-order valence-electron chi connectivity index (χ1n) is 4.72. The molecule has 1 N–H and O–H groups in total. The van der Waals surface area contributed by atoms with Crippen LogP contribution in [0.3, 0.4) is 0 Å². The molecule has 1 atom stereocenters. The summed E-state index contributed by atoms with van der Waals surface area (Å²) in [6.45, 7) is 0. The molecule has 0 radical (unpaired) electrons. The molecule has 15 heavy (non-hydrogen) atoms. The minimum atomic E-state index is 0.352. The monoisotopic (exact) mass is 285 g/mol. The number of hydrogen-bond donors (Lipinski definition) is 1. The lowest BCUT2D eigenvalue weighted by molar-refractivity contribution is 0.552. The number of nitrogens with one attached hydrogen (secondary N) is 1. The van der Waals surface area contributed by atoms with Crippen molar-refractivity contribution in [2.75, 3.05) is 7.05 Å². The van der Waals surface area contributed by atoms with Crippen LogP contribution in [0.1, 0.15) is 17.2 Å². The summed E-state index contributed by atoms with van der Waals surface area (Å²) < 4.78 is 6.24. The van der Waals surface area contributed by atoms with Gasteiger partial charge in [0.25, 0.3) is 0 Å². The Bertz CT molecular complexity index is 410. The number of thiophene rings is 1. The molecular weight excluding hydrogens is 274 g/mol. The van der Waals surface area contributed by atoms with E-state index in [1.165, 1.54) is 14.9 Å². The number of rotatable bonds is 4. The molecule has 0 aromatic carbocycles. The molecule has 2 heterocycles. The SMILES string of the molecule is CNC(Cc1ccoc1)c1csc(Br)c1. The highest BCUT2D eigenvalue weighted by atomic mass is 79.9. The van der Waals surface area contributed by atoms with Gasteiger partial charge in [0.1, 0.15) is 0 Å². The van der Waals surface area contributed by atoms with Gasteiger partial charge in [-0.1, -0.05) is 0 Å². The first-order valence-corrected chi connectivity index (χ1v) is 6.39. The lowest BCUT2D eigenvalue weighted by atomic mass is 10.0. The summed E-state index contributed by atoms with van der Waals surface area (Å²) in [6, 6.07) is 4.52. The molecular formula is C11H12BrNOS. The van der Waals surface area contributed by atoms with Crippen LogP contribution in [0.2, 0.25) is 0 Å². The van der Waals surface area contributed by atoms with Crippen LogP contribution in [-0.4, -0.2) is 7.05 Å². The normalized spacial score (nSPS) is 12.9. The van der Waals surface area contributed by atoms with Crippen molar-refractivity contribution in [3.63, 3.8) is 0 Å². The quantitative estimate of drug-likeness (QED) is 0.929. The lowest BCUT2D eigenvalue weighted by Crippen LogP contribution is -2.17. The standard InChI is InChI=1S/C11H12BrNOS/c1-13-10(4-8-2-3-14-6-8)9-5-11(12)15-7-9/h2-3,5-7,10,13H,4H2,1H3. The predicted molar refractivity (Wildman–Crippen MR) is 66.2 cm³/mol. The molecule has 2 nitrogen and oxygen atoms in total. The molecule has 1 unspecified atom stereocenters. The maximum atomic E-state index is 5.07. The first kappa shape index (κ1) is 10.9. The molecule has 0 bridgehead atoms. The second-order valence-corrected chi connectivity index (χ2v) is 5.65. The second-order valence-electron chi connectivity index (χ2n) is 3.36. The zero-order valence-electron chi connectivity index (χ0n) is 8.37. The third-order valence-corrected chi connectivity index (χ3v) is 3.88. The summed E-state index contributed by atoms with van der Waals surface area (Å²) in [5.74, 6) is 0. The zero-order valence-corrected chi connectivity index (χ0v) is 10.8. The van der Waals surface area contributed by atoms with Crippen molar-refractivity contribution in [2.45, 2.75) is 12.5 Å². The molecule has 2 aromatic rings. The lowest BCUT2D eigenvalue weighted by Gasteiger charge is -2.13. The van der Waals surface area contributed by atoms with Crippen molar-refractivity contribution >= 4 is 27.3 Å². The molecule has 4 heteroatoms. The number of furan rings is 1. The average Bonchev–Trinajstić information content (AvgIpc) is 2.85. The fourth-order valence-electron chi connectivity index (χ4n) is 1.54. The molecule has 0 saturated carbocycles. The Morgan fingerprint density at radius 2 is 2.47 bits per heavy atom. The van der Waals surface area contributed by atoms with Crippen LogP contribution in [0.4, 0.5) is 0 Å². The van der Waals surface area contributed by atoms with E-state index in [0.717, 1.165) is 6.42 Å². The molecule has 0 amide bonds. The third kappa shape index (κ3) is 2.71. The topological polar surface area (TPSA) is 25.2 Å². The minimum Gasteiger partial charge on any atom is -0.472 e. The van der Waals surface area contributed by atoms with Gasteiger partial charge < -0.3 is 9.73 Å². The number of halogens is 1. The van der Waals surface area contributed by atoms with Crippen LogP contribution in [0.25, 0.3) is 0 Å². The molecule has 0 aliphatic rings. The Kier molecular flexibility index (Phi) is 3.61. The fourth-order valence-corrected chi connectivity index (χ4v) is 2.77. The van der Waals surface area contributed by atoms with Gasteiger partial charge in [-0.05, 0) is 58.0 Å². The summed E-state index contributed by atoms with van der Waals surface area (Å²) >= 11 is 5.19. The largest absolute Gasteiger partial charge is 0.472 e. The number of likely N-dealkylation sites (N-methyl/N-ethyl adjacent to an activating group) is 1. The minimum absolute atomic E-state index is 0.352. The maximum absolute atomic E-state index is 5.07. The Hall–Kier alpha value is -0.580. The summed E-state index contributed by atoms with van der Waals surface area (Å²) in [7, 11) is 1.98. The van der Waals surface area contributed by atoms with E-state index in [1.807, 2.05) is 13.1 Å². The van der Waals surface area contributed by atoms with Crippen molar-refractivity contribution < 1.29 is 4.42 Å².